The molecule has 3 unspecified atom stereocenters. The first kappa shape index (κ1) is 28.9. The molecule has 0 aliphatic rings. The van der Waals surface area contributed by atoms with Crippen LogP contribution in [0.2, 0.25) is 0 Å². The molecule has 0 heterocycles. The van der Waals surface area contributed by atoms with Crippen molar-refractivity contribution in [2.24, 2.45) is 0 Å². The third kappa shape index (κ3) is 7.56. The molecule has 3 atom stereocenters. The molecule has 0 saturated carbocycles. The molecule has 2 aromatic rings. The van der Waals surface area contributed by atoms with Crippen molar-refractivity contribution in [2.45, 2.75) is 117 Å². The average Bonchev–Trinajstić information content (AvgIpc) is 2.88. The molecule has 0 aliphatic carbocycles. The SMILES string of the molecule is CCCC(CC)c1ccc(C(CC)CCC)c(/C=C(\O)C(=O)c2ccccc2C(CC)CCC)c1. The van der Waals surface area contributed by atoms with Gasteiger partial charge >= 0.3 is 0 Å². The Kier molecular flexibility index (Phi) is 12.3. The molecular weight excluding hydrogens is 428 g/mol. The van der Waals surface area contributed by atoms with Gasteiger partial charge in [-0.2, -0.15) is 0 Å². The first-order chi connectivity index (χ1) is 16.9. The van der Waals surface area contributed by atoms with Gasteiger partial charge in [0.25, 0.3) is 0 Å². The Labute approximate surface area is 214 Å². The number of carbonyl (C=O) groups is 1. The predicted octanol–water partition coefficient (Wildman–Crippen LogP) is 10.3. The second-order valence-corrected chi connectivity index (χ2v) is 10.0. The van der Waals surface area contributed by atoms with E-state index in [-0.39, 0.29) is 11.5 Å². The van der Waals surface area contributed by atoms with Crippen molar-refractivity contribution in [3.05, 3.63) is 76.0 Å². The summed E-state index contributed by atoms with van der Waals surface area (Å²) in [5, 5.41) is 11.1. The lowest BCUT2D eigenvalue weighted by Gasteiger charge is -2.21. The second kappa shape index (κ2) is 14.9. The molecule has 0 aromatic heterocycles. The molecule has 0 aliphatic heterocycles. The fourth-order valence-electron chi connectivity index (χ4n) is 5.57. The third-order valence-electron chi connectivity index (χ3n) is 7.58. The zero-order valence-electron chi connectivity index (χ0n) is 23.1. The summed E-state index contributed by atoms with van der Waals surface area (Å²) in [5.74, 6) is 0.842. The monoisotopic (exact) mass is 476 g/mol. The lowest BCUT2D eigenvalue weighted by atomic mass is 9.83. The Morgan fingerprint density at radius 3 is 1.86 bits per heavy atom. The minimum Gasteiger partial charge on any atom is -0.504 e. The summed E-state index contributed by atoms with van der Waals surface area (Å²) in [5.41, 5.74) is 5.25. The van der Waals surface area contributed by atoms with E-state index in [9.17, 15) is 9.90 Å². The Bertz CT molecular complexity index is 955. The first-order valence-corrected chi connectivity index (χ1v) is 14.1. The number of carbonyl (C=O) groups excluding carboxylic acids is 1. The largest absolute Gasteiger partial charge is 0.504 e. The van der Waals surface area contributed by atoms with Crippen molar-refractivity contribution in [3.8, 4) is 0 Å². The van der Waals surface area contributed by atoms with Gasteiger partial charge in [-0.1, -0.05) is 103 Å². The average molecular weight is 477 g/mol. The molecule has 0 amide bonds. The number of hydrogen-bond acceptors (Lipinski definition) is 2. The fourth-order valence-corrected chi connectivity index (χ4v) is 5.57. The number of allylic oxidation sites excluding steroid dienone is 1. The van der Waals surface area contributed by atoms with Crippen molar-refractivity contribution in [3.63, 3.8) is 0 Å². The van der Waals surface area contributed by atoms with Crippen LogP contribution >= 0.6 is 0 Å². The Morgan fingerprint density at radius 1 is 0.743 bits per heavy atom. The lowest BCUT2D eigenvalue weighted by Crippen LogP contribution is -2.10. The minimum absolute atomic E-state index is 0.155. The van der Waals surface area contributed by atoms with Gasteiger partial charge in [-0.3, -0.25) is 4.79 Å². The summed E-state index contributed by atoms with van der Waals surface area (Å²) in [6, 6.07) is 14.6. The lowest BCUT2D eigenvalue weighted by molar-refractivity contribution is 0.0979. The van der Waals surface area contributed by atoms with E-state index in [2.05, 4.69) is 65.8 Å². The van der Waals surface area contributed by atoms with Crippen LogP contribution in [0.4, 0.5) is 0 Å². The first-order valence-electron chi connectivity index (χ1n) is 14.1. The maximum absolute atomic E-state index is 13.5. The van der Waals surface area contributed by atoms with E-state index >= 15 is 0 Å². The summed E-state index contributed by atoms with van der Waals surface area (Å²) in [7, 11) is 0. The highest BCUT2D eigenvalue weighted by Gasteiger charge is 2.21. The van der Waals surface area contributed by atoms with Crippen molar-refractivity contribution < 1.29 is 9.90 Å². The van der Waals surface area contributed by atoms with Gasteiger partial charge in [0, 0.05) is 5.56 Å². The van der Waals surface area contributed by atoms with Gasteiger partial charge in [0.05, 0.1) is 0 Å². The summed E-state index contributed by atoms with van der Waals surface area (Å²) in [4.78, 5) is 13.5. The van der Waals surface area contributed by atoms with E-state index in [0.29, 0.717) is 23.3 Å². The number of rotatable bonds is 15. The second-order valence-electron chi connectivity index (χ2n) is 10.0. The quantitative estimate of drug-likeness (QED) is 0.158. The third-order valence-corrected chi connectivity index (χ3v) is 7.58. The van der Waals surface area contributed by atoms with Crippen LogP contribution < -0.4 is 0 Å². The zero-order chi connectivity index (χ0) is 25.8. The molecule has 2 nitrogen and oxygen atoms in total. The molecule has 0 bridgehead atoms. The smallest absolute Gasteiger partial charge is 0.227 e. The van der Waals surface area contributed by atoms with E-state index in [1.54, 1.807) is 6.08 Å². The van der Waals surface area contributed by atoms with Gasteiger partial charge < -0.3 is 5.11 Å². The number of aliphatic hydroxyl groups excluding tert-OH is 1. The molecule has 35 heavy (non-hydrogen) atoms. The molecule has 2 rings (SSSR count). The summed E-state index contributed by atoms with van der Waals surface area (Å²) < 4.78 is 0. The highest BCUT2D eigenvalue weighted by molar-refractivity contribution is 6.10. The van der Waals surface area contributed by atoms with Crippen LogP contribution in [-0.2, 0) is 0 Å². The van der Waals surface area contributed by atoms with Gasteiger partial charge in [0.2, 0.25) is 5.78 Å². The van der Waals surface area contributed by atoms with Crippen LogP contribution in [0.15, 0.2) is 48.2 Å². The van der Waals surface area contributed by atoms with E-state index < -0.39 is 0 Å². The van der Waals surface area contributed by atoms with E-state index in [0.717, 1.165) is 68.9 Å². The van der Waals surface area contributed by atoms with Gasteiger partial charge in [0.15, 0.2) is 5.76 Å². The molecule has 0 fully saturated rings. The number of hydrogen-bond donors (Lipinski definition) is 1. The Morgan fingerprint density at radius 2 is 1.29 bits per heavy atom. The summed E-state index contributed by atoms with van der Waals surface area (Å²) in [6.45, 7) is 13.3. The normalized spacial score (nSPS) is 14.5. The predicted molar refractivity (Wildman–Crippen MR) is 152 cm³/mol. The molecular formula is C33H48O2. The maximum Gasteiger partial charge on any atom is 0.227 e. The number of aliphatic hydroxyl groups is 1. The van der Waals surface area contributed by atoms with Gasteiger partial charge in [-0.15, -0.1) is 0 Å². The van der Waals surface area contributed by atoms with Crippen LogP contribution in [0.3, 0.4) is 0 Å². The highest BCUT2D eigenvalue weighted by atomic mass is 16.3. The minimum atomic E-state index is -0.268. The van der Waals surface area contributed by atoms with Crippen molar-refractivity contribution in [1.82, 2.24) is 0 Å². The Hall–Kier alpha value is -2.35. The van der Waals surface area contributed by atoms with Crippen LogP contribution in [0.5, 0.6) is 0 Å². The van der Waals surface area contributed by atoms with Crippen LogP contribution in [0.1, 0.15) is 150 Å². The number of benzene rings is 2. The van der Waals surface area contributed by atoms with Crippen LogP contribution in [0, 0.1) is 0 Å². The summed E-state index contributed by atoms with van der Waals surface area (Å²) in [6.07, 6.45) is 11.5. The molecule has 0 radical (unpaired) electrons. The number of Topliss-reactive ketones (excluding diaryl/α,β-unsaturated/α-hetero) is 1. The maximum atomic E-state index is 13.5. The summed E-state index contributed by atoms with van der Waals surface area (Å²) >= 11 is 0. The fraction of sp³-hybridized carbons (Fsp3) is 0.545. The highest BCUT2D eigenvalue weighted by Crippen LogP contribution is 2.34. The van der Waals surface area contributed by atoms with Gasteiger partial charge in [0.1, 0.15) is 0 Å². The Balaban J connectivity index is 2.56. The van der Waals surface area contributed by atoms with Crippen molar-refractivity contribution in [1.29, 1.82) is 0 Å². The number of ketones is 1. The van der Waals surface area contributed by atoms with E-state index in [1.165, 1.54) is 11.1 Å². The molecule has 1 N–H and O–H groups in total. The standard InChI is InChI=1S/C33H48O2/c1-7-15-24(10-4)27-20-21-29(25(11-5)16-8-2)28(22-27)23-32(34)33(35)31-19-14-13-18-30(31)26(12-6)17-9-3/h13-14,18-26,34H,7-12,15-17H2,1-6H3/b32-23-. The van der Waals surface area contributed by atoms with Gasteiger partial charge in [-0.25, -0.2) is 0 Å². The molecule has 0 saturated heterocycles. The topological polar surface area (TPSA) is 37.3 Å². The molecule has 2 heteroatoms. The van der Waals surface area contributed by atoms with Gasteiger partial charge in [-0.05, 0) is 84.6 Å². The van der Waals surface area contributed by atoms with Crippen LogP contribution in [-0.4, -0.2) is 10.9 Å². The molecule has 0 spiro atoms. The van der Waals surface area contributed by atoms with E-state index in [1.807, 2.05) is 18.2 Å². The molecule has 2 aromatic carbocycles. The zero-order valence-corrected chi connectivity index (χ0v) is 23.1. The van der Waals surface area contributed by atoms with Crippen molar-refractivity contribution >= 4 is 11.9 Å². The van der Waals surface area contributed by atoms with Crippen molar-refractivity contribution in [2.75, 3.05) is 0 Å². The molecule has 192 valence electrons. The van der Waals surface area contributed by atoms with E-state index in [4.69, 9.17) is 0 Å². The van der Waals surface area contributed by atoms with Crippen LogP contribution in [0.25, 0.3) is 6.08 Å².